The van der Waals surface area contributed by atoms with Gasteiger partial charge in [-0.1, -0.05) is 42.5 Å². The predicted octanol–water partition coefficient (Wildman–Crippen LogP) is 5.18. The van der Waals surface area contributed by atoms with Crippen molar-refractivity contribution in [1.29, 1.82) is 0 Å². The Morgan fingerprint density at radius 3 is 2.65 bits per heavy atom. The molecule has 0 bridgehead atoms. The SMILES string of the molecule is Cc1ccc(N2CCOc3c(C(=O)N[C@H]4CC[C@H](OCc5ccccc5)CC4)cccc32)nc1. The summed E-state index contributed by atoms with van der Waals surface area (Å²) < 4.78 is 12.1. The molecule has 3 aromatic rings. The van der Waals surface area contributed by atoms with Gasteiger partial charge >= 0.3 is 0 Å². The van der Waals surface area contributed by atoms with E-state index in [0.29, 0.717) is 31.1 Å². The lowest BCUT2D eigenvalue weighted by Gasteiger charge is -2.32. The molecule has 0 unspecified atom stereocenters. The number of aryl methyl sites for hydroxylation is 1. The van der Waals surface area contributed by atoms with E-state index < -0.39 is 0 Å². The predicted molar refractivity (Wildman–Crippen MR) is 133 cm³/mol. The van der Waals surface area contributed by atoms with Gasteiger partial charge in [0.15, 0.2) is 5.75 Å². The molecule has 2 heterocycles. The highest BCUT2D eigenvalue weighted by Crippen LogP contribution is 2.38. The first-order chi connectivity index (χ1) is 16.7. The van der Waals surface area contributed by atoms with Crippen LogP contribution in [0.1, 0.15) is 47.2 Å². The number of hydrogen-bond acceptors (Lipinski definition) is 5. The van der Waals surface area contributed by atoms with Gasteiger partial charge in [0, 0.05) is 12.2 Å². The van der Waals surface area contributed by atoms with Crippen molar-refractivity contribution in [1.82, 2.24) is 10.3 Å². The summed E-state index contributed by atoms with van der Waals surface area (Å²) in [4.78, 5) is 19.9. The van der Waals surface area contributed by atoms with Crippen LogP contribution in [0.15, 0.2) is 66.9 Å². The van der Waals surface area contributed by atoms with Crippen molar-refractivity contribution >= 4 is 17.4 Å². The molecule has 34 heavy (non-hydrogen) atoms. The van der Waals surface area contributed by atoms with Crippen LogP contribution in [0.25, 0.3) is 0 Å². The van der Waals surface area contributed by atoms with Crippen LogP contribution in [-0.2, 0) is 11.3 Å². The maximum Gasteiger partial charge on any atom is 0.255 e. The highest BCUT2D eigenvalue weighted by Gasteiger charge is 2.28. The lowest BCUT2D eigenvalue weighted by atomic mass is 9.92. The van der Waals surface area contributed by atoms with E-state index in [2.05, 4.69) is 27.3 Å². The Hall–Kier alpha value is -3.38. The van der Waals surface area contributed by atoms with Crippen LogP contribution in [0.4, 0.5) is 11.5 Å². The van der Waals surface area contributed by atoms with Gasteiger partial charge in [-0.25, -0.2) is 4.98 Å². The van der Waals surface area contributed by atoms with Crippen LogP contribution < -0.4 is 15.0 Å². The molecule has 0 saturated heterocycles. The van der Waals surface area contributed by atoms with Crippen LogP contribution >= 0.6 is 0 Å². The molecule has 2 aromatic carbocycles. The minimum atomic E-state index is -0.0794. The molecular formula is C28H31N3O3. The lowest BCUT2D eigenvalue weighted by molar-refractivity contribution is 0.0113. The summed E-state index contributed by atoms with van der Waals surface area (Å²) in [6, 6.07) is 20.2. The topological polar surface area (TPSA) is 63.7 Å². The number of anilines is 2. The van der Waals surface area contributed by atoms with Crippen LogP contribution in [-0.4, -0.2) is 36.2 Å². The highest BCUT2D eigenvalue weighted by atomic mass is 16.5. The number of fused-ring (bicyclic) bond motifs is 1. The molecule has 5 rings (SSSR count). The van der Waals surface area contributed by atoms with E-state index in [1.165, 1.54) is 5.56 Å². The fourth-order valence-electron chi connectivity index (χ4n) is 4.71. The average molecular weight is 458 g/mol. The Morgan fingerprint density at radius 2 is 1.88 bits per heavy atom. The summed E-state index contributed by atoms with van der Waals surface area (Å²) in [6.07, 6.45) is 5.85. The molecule has 1 amide bonds. The Kier molecular flexibility index (Phi) is 6.77. The second-order valence-corrected chi connectivity index (χ2v) is 9.09. The molecule has 6 nitrogen and oxygen atoms in total. The van der Waals surface area contributed by atoms with Gasteiger partial charge in [0.1, 0.15) is 12.4 Å². The van der Waals surface area contributed by atoms with E-state index in [9.17, 15) is 4.79 Å². The summed E-state index contributed by atoms with van der Waals surface area (Å²) in [5.41, 5.74) is 3.78. The number of nitrogens with zero attached hydrogens (tertiary/aromatic N) is 2. The number of hydrogen-bond donors (Lipinski definition) is 1. The molecular weight excluding hydrogens is 426 g/mol. The number of aromatic nitrogens is 1. The van der Waals surface area contributed by atoms with E-state index in [1.807, 2.05) is 61.7 Å². The molecule has 1 aromatic heterocycles. The third kappa shape index (κ3) is 5.07. The molecule has 6 heteroatoms. The van der Waals surface area contributed by atoms with Crippen molar-refractivity contribution in [3.8, 4) is 5.75 Å². The third-order valence-corrected chi connectivity index (χ3v) is 6.60. The minimum absolute atomic E-state index is 0.0794. The fraction of sp³-hybridized carbons (Fsp3) is 0.357. The van der Waals surface area contributed by atoms with E-state index in [4.69, 9.17) is 9.47 Å². The summed E-state index contributed by atoms with van der Waals surface area (Å²) in [6.45, 7) is 3.87. The number of amides is 1. The third-order valence-electron chi connectivity index (χ3n) is 6.60. The van der Waals surface area contributed by atoms with Gasteiger partial charge in [0.2, 0.25) is 0 Å². The second kappa shape index (κ2) is 10.3. The number of rotatable bonds is 6. The van der Waals surface area contributed by atoms with Gasteiger partial charge in [-0.3, -0.25) is 4.79 Å². The van der Waals surface area contributed by atoms with Crippen molar-refractivity contribution in [3.05, 3.63) is 83.6 Å². The van der Waals surface area contributed by atoms with E-state index >= 15 is 0 Å². The molecule has 1 aliphatic heterocycles. The van der Waals surface area contributed by atoms with Crippen molar-refractivity contribution in [2.24, 2.45) is 0 Å². The number of benzene rings is 2. The van der Waals surface area contributed by atoms with Gasteiger partial charge in [-0.15, -0.1) is 0 Å². The van der Waals surface area contributed by atoms with E-state index in [1.54, 1.807) is 0 Å². The largest absolute Gasteiger partial charge is 0.489 e. The van der Waals surface area contributed by atoms with Crippen LogP contribution in [0.5, 0.6) is 5.75 Å². The molecule has 1 saturated carbocycles. The fourth-order valence-corrected chi connectivity index (χ4v) is 4.71. The molecule has 2 aliphatic rings. The molecule has 1 aliphatic carbocycles. The number of nitrogens with one attached hydrogen (secondary N) is 1. The Morgan fingerprint density at radius 1 is 1.06 bits per heavy atom. The second-order valence-electron chi connectivity index (χ2n) is 9.09. The van der Waals surface area contributed by atoms with Crippen LogP contribution in [0, 0.1) is 6.92 Å². The molecule has 0 spiro atoms. The molecule has 0 atom stereocenters. The van der Waals surface area contributed by atoms with Gasteiger partial charge in [0.25, 0.3) is 5.91 Å². The highest BCUT2D eigenvalue weighted by molar-refractivity contribution is 5.99. The van der Waals surface area contributed by atoms with Crippen molar-refractivity contribution in [3.63, 3.8) is 0 Å². The first-order valence-electron chi connectivity index (χ1n) is 12.1. The summed E-state index contributed by atoms with van der Waals surface area (Å²) in [5.74, 6) is 1.42. The number of ether oxygens (including phenoxy) is 2. The standard InChI is InChI=1S/C28H31N3O3/c1-20-10-15-26(29-18-20)31-16-17-33-27-24(8-5-9-25(27)31)28(32)30-22-11-13-23(14-12-22)34-19-21-6-3-2-4-7-21/h2-10,15,18,22-23H,11-14,16-17,19H2,1H3,(H,30,32)/t22-,23-. The van der Waals surface area contributed by atoms with Crippen molar-refractivity contribution in [2.45, 2.75) is 51.4 Å². The van der Waals surface area contributed by atoms with E-state index in [-0.39, 0.29) is 18.1 Å². The zero-order valence-corrected chi connectivity index (χ0v) is 19.6. The van der Waals surface area contributed by atoms with Crippen molar-refractivity contribution in [2.75, 3.05) is 18.1 Å². The van der Waals surface area contributed by atoms with Gasteiger partial charge in [-0.2, -0.15) is 0 Å². The van der Waals surface area contributed by atoms with Crippen molar-refractivity contribution < 1.29 is 14.3 Å². The Balaban J connectivity index is 1.20. The maximum atomic E-state index is 13.2. The summed E-state index contributed by atoms with van der Waals surface area (Å²) >= 11 is 0. The van der Waals surface area contributed by atoms with Gasteiger partial charge < -0.3 is 19.7 Å². The number of para-hydroxylation sites is 1. The zero-order chi connectivity index (χ0) is 23.3. The molecule has 1 N–H and O–H groups in total. The minimum Gasteiger partial charge on any atom is -0.489 e. The smallest absolute Gasteiger partial charge is 0.255 e. The monoisotopic (exact) mass is 457 g/mol. The lowest BCUT2D eigenvalue weighted by Crippen LogP contribution is -2.39. The maximum absolute atomic E-state index is 13.2. The number of carbonyl (C=O) groups is 1. The molecule has 1 fully saturated rings. The summed E-state index contributed by atoms with van der Waals surface area (Å²) in [7, 11) is 0. The zero-order valence-electron chi connectivity index (χ0n) is 19.6. The summed E-state index contributed by atoms with van der Waals surface area (Å²) in [5, 5.41) is 3.23. The van der Waals surface area contributed by atoms with Gasteiger partial charge in [0.05, 0.1) is 30.5 Å². The van der Waals surface area contributed by atoms with Gasteiger partial charge in [-0.05, 0) is 61.9 Å². The number of pyridine rings is 1. The molecule has 0 radical (unpaired) electrons. The first kappa shape index (κ1) is 22.4. The normalized spacial score (nSPS) is 19.7. The average Bonchev–Trinajstić information content (AvgIpc) is 2.89. The van der Waals surface area contributed by atoms with Crippen LogP contribution in [0.3, 0.4) is 0 Å². The van der Waals surface area contributed by atoms with Crippen LogP contribution in [0.2, 0.25) is 0 Å². The Labute approximate surface area is 200 Å². The Bertz CT molecular complexity index is 1110. The molecule has 176 valence electrons. The first-order valence-corrected chi connectivity index (χ1v) is 12.1. The number of carbonyl (C=O) groups excluding carboxylic acids is 1. The van der Waals surface area contributed by atoms with E-state index in [0.717, 1.165) is 42.8 Å². The quantitative estimate of drug-likeness (QED) is 0.553.